The fourth-order valence-electron chi connectivity index (χ4n) is 0.519. The maximum Gasteiger partial charge on any atom is 0.408 e. The van der Waals surface area contributed by atoms with E-state index in [0.29, 0.717) is 6.54 Å². The van der Waals surface area contributed by atoms with Crippen molar-refractivity contribution in [2.45, 2.75) is 47.1 Å². The number of nitrogens with one attached hydrogen (secondary N) is 1. The summed E-state index contributed by atoms with van der Waals surface area (Å²) in [6.45, 7) is 11.5. The largest absolute Gasteiger partial charge is 0.444 e. The van der Waals surface area contributed by atoms with E-state index in [1.165, 1.54) is 0 Å². The lowest BCUT2D eigenvalue weighted by atomic mass is 10.2. The second kappa shape index (κ2) is 8.43. The summed E-state index contributed by atoms with van der Waals surface area (Å²) < 4.78 is 4.97. The molecule has 0 spiro atoms. The molecule has 0 aliphatic heterocycles. The van der Waals surface area contributed by atoms with Crippen molar-refractivity contribution >= 4 is 6.09 Å². The van der Waals surface area contributed by atoms with Gasteiger partial charge >= 0.3 is 6.09 Å². The van der Waals surface area contributed by atoms with Gasteiger partial charge in [-0.15, -0.1) is 5.92 Å². The van der Waals surface area contributed by atoms with Crippen molar-refractivity contribution in [2.75, 3.05) is 6.54 Å². The standard InChI is InChI=1S/C9H15NO2.C2H6/c1-5-6-7-10-8(11)12-9(2,3)4;1-2/h7H2,1-4H3,(H,10,11);1-2H3. The lowest BCUT2D eigenvalue weighted by Gasteiger charge is -2.18. The molecule has 0 heterocycles. The molecule has 0 aromatic rings. The monoisotopic (exact) mass is 199 g/mol. The number of ether oxygens (including phenoxy) is 1. The Morgan fingerprint density at radius 1 is 1.36 bits per heavy atom. The molecule has 0 aliphatic rings. The second-order valence-corrected chi connectivity index (χ2v) is 3.28. The van der Waals surface area contributed by atoms with Gasteiger partial charge in [-0.3, -0.25) is 0 Å². The van der Waals surface area contributed by atoms with Gasteiger partial charge in [0.1, 0.15) is 5.60 Å². The second-order valence-electron chi connectivity index (χ2n) is 3.28. The highest BCUT2D eigenvalue weighted by Gasteiger charge is 2.14. The summed E-state index contributed by atoms with van der Waals surface area (Å²) in [4.78, 5) is 10.9. The van der Waals surface area contributed by atoms with Crippen LogP contribution in [0.4, 0.5) is 4.79 Å². The Bertz CT molecular complexity index is 206. The quantitative estimate of drug-likeness (QED) is 0.659. The van der Waals surface area contributed by atoms with E-state index in [-0.39, 0.29) is 0 Å². The third-order valence-corrected chi connectivity index (χ3v) is 0.897. The summed E-state index contributed by atoms with van der Waals surface area (Å²) in [6, 6.07) is 0. The van der Waals surface area contributed by atoms with Crippen molar-refractivity contribution < 1.29 is 9.53 Å². The van der Waals surface area contributed by atoms with Crippen LogP contribution in [0.2, 0.25) is 0 Å². The summed E-state index contributed by atoms with van der Waals surface area (Å²) in [5, 5.41) is 2.51. The van der Waals surface area contributed by atoms with Crippen LogP contribution in [0.15, 0.2) is 0 Å². The molecule has 0 atom stereocenters. The Morgan fingerprint density at radius 2 is 1.86 bits per heavy atom. The summed E-state index contributed by atoms with van der Waals surface area (Å²) in [6.07, 6.45) is -0.426. The molecule has 0 aromatic heterocycles. The van der Waals surface area contributed by atoms with Crippen LogP contribution in [0.3, 0.4) is 0 Å². The fraction of sp³-hybridized carbons (Fsp3) is 0.727. The molecule has 0 bridgehead atoms. The number of carbonyl (C=O) groups is 1. The van der Waals surface area contributed by atoms with E-state index in [1.807, 2.05) is 34.6 Å². The van der Waals surface area contributed by atoms with Crippen LogP contribution in [0.5, 0.6) is 0 Å². The molecule has 0 aromatic carbocycles. The number of carbonyl (C=O) groups excluding carboxylic acids is 1. The van der Waals surface area contributed by atoms with Crippen molar-refractivity contribution in [3.05, 3.63) is 0 Å². The van der Waals surface area contributed by atoms with Gasteiger partial charge in [0.2, 0.25) is 0 Å². The maximum absolute atomic E-state index is 10.9. The van der Waals surface area contributed by atoms with Gasteiger partial charge in [-0.25, -0.2) is 4.79 Å². The summed E-state index contributed by atoms with van der Waals surface area (Å²) >= 11 is 0. The van der Waals surface area contributed by atoms with Crippen molar-refractivity contribution in [1.29, 1.82) is 0 Å². The lowest BCUT2D eigenvalue weighted by molar-refractivity contribution is 0.0535. The first-order valence-electron chi connectivity index (χ1n) is 4.82. The lowest BCUT2D eigenvalue weighted by Crippen LogP contribution is -2.32. The molecule has 3 nitrogen and oxygen atoms in total. The van der Waals surface area contributed by atoms with Crippen LogP contribution >= 0.6 is 0 Å². The Hall–Kier alpha value is -1.17. The highest BCUT2D eigenvalue weighted by Crippen LogP contribution is 2.05. The van der Waals surface area contributed by atoms with Gasteiger partial charge in [0.25, 0.3) is 0 Å². The molecule has 1 N–H and O–H groups in total. The SMILES string of the molecule is CC.CC#CCNC(=O)OC(C)(C)C. The molecule has 82 valence electrons. The minimum Gasteiger partial charge on any atom is -0.444 e. The van der Waals surface area contributed by atoms with Crippen molar-refractivity contribution in [1.82, 2.24) is 5.32 Å². The third kappa shape index (κ3) is 13.4. The van der Waals surface area contributed by atoms with Crippen LogP contribution in [-0.2, 0) is 4.74 Å². The van der Waals surface area contributed by atoms with E-state index in [9.17, 15) is 4.79 Å². The number of hydrogen-bond acceptors (Lipinski definition) is 2. The van der Waals surface area contributed by atoms with E-state index in [4.69, 9.17) is 4.74 Å². The predicted octanol–water partition coefficient (Wildman–Crippen LogP) is 2.56. The zero-order valence-electron chi connectivity index (χ0n) is 10.0. The zero-order valence-corrected chi connectivity index (χ0v) is 10.0. The predicted molar refractivity (Wildman–Crippen MR) is 59.0 cm³/mol. The van der Waals surface area contributed by atoms with Crippen LogP contribution < -0.4 is 5.32 Å². The highest BCUT2D eigenvalue weighted by molar-refractivity contribution is 5.67. The van der Waals surface area contributed by atoms with Gasteiger partial charge in [-0.05, 0) is 27.7 Å². The van der Waals surface area contributed by atoms with E-state index >= 15 is 0 Å². The smallest absolute Gasteiger partial charge is 0.408 e. The number of amides is 1. The third-order valence-electron chi connectivity index (χ3n) is 0.897. The normalized spacial score (nSPS) is 8.71. The molecular formula is C11H21NO2. The van der Waals surface area contributed by atoms with Gasteiger partial charge in [0.05, 0.1) is 6.54 Å². The first-order chi connectivity index (χ1) is 6.45. The average Bonchev–Trinajstić information content (AvgIpc) is 2.05. The number of rotatable bonds is 1. The van der Waals surface area contributed by atoms with Crippen LogP contribution in [-0.4, -0.2) is 18.2 Å². The highest BCUT2D eigenvalue weighted by atomic mass is 16.6. The molecule has 0 rings (SSSR count). The van der Waals surface area contributed by atoms with Gasteiger partial charge in [0, 0.05) is 0 Å². The first kappa shape index (κ1) is 15.3. The van der Waals surface area contributed by atoms with Gasteiger partial charge in [-0.1, -0.05) is 19.8 Å². The van der Waals surface area contributed by atoms with Gasteiger partial charge < -0.3 is 10.1 Å². The minimum atomic E-state index is -0.441. The Kier molecular flexibility index (Phi) is 9.22. The van der Waals surface area contributed by atoms with E-state index < -0.39 is 11.7 Å². The van der Waals surface area contributed by atoms with Crippen LogP contribution in [0.25, 0.3) is 0 Å². The molecule has 14 heavy (non-hydrogen) atoms. The van der Waals surface area contributed by atoms with E-state index in [2.05, 4.69) is 17.2 Å². The molecule has 0 saturated heterocycles. The van der Waals surface area contributed by atoms with Crippen molar-refractivity contribution in [2.24, 2.45) is 0 Å². The molecule has 0 radical (unpaired) electrons. The summed E-state index contributed by atoms with van der Waals surface area (Å²) in [5.74, 6) is 5.37. The number of hydrogen-bond donors (Lipinski definition) is 1. The summed E-state index contributed by atoms with van der Waals surface area (Å²) in [7, 11) is 0. The minimum absolute atomic E-state index is 0.339. The topological polar surface area (TPSA) is 38.3 Å². The van der Waals surface area contributed by atoms with E-state index in [1.54, 1.807) is 6.92 Å². The first-order valence-corrected chi connectivity index (χ1v) is 4.82. The molecule has 3 heteroatoms. The fourth-order valence-corrected chi connectivity index (χ4v) is 0.519. The van der Waals surface area contributed by atoms with Gasteiger partial charge in [0.15, 0.2) is 0 Å². The maximum atomic E-state index is 10.9. The molecule has 1 amide bonds. The van der Waals surface area contributed by atoms with Crippen molar-refractivity contribution in [3.63, 3.8) is 0 Å². The van der Waals surface area contributed by atoms with Crippen LogP contribution in [0.1, 0.15) is 41.5 Å². The molecule has 0 saturated carbocycles. The average molecular weight is 199 g/mol. The molecule has 0 unspecified atom stereocenters. The zero-order chi connectivity index (χ0) is 11.6. The Labute approximate surface area is 87.2 Å². The van der Waals surface area contributed by atoms with Crippen LogP contribution in [0, 0.1) is 11.8 Å². The van der Waals surface area contributed by atoms with Crippen molar-refractivity contribution in [3.8, 4) is 11.8 Å². The summed E-state index contributed by atoms with van der Waals surface area (Å²) in [5.41, 5.74) is -0.441. The van der Waals surface area contributed by atoms with E-state index in [0.717, 1.165) is 0 Å². The Balaban J connectivity index is 0. The number of alkyl carbamates (subject to hydrolysis) is 1. The molecule has 0 aliphatic carbocycles. The van der Waals surface area contributed by atoms with Gasteiger partial charge in [-0.2, -0.15) is 0 Å². The molecule has 0 fully saturated rings. The Morgan fingerprint density at radius 3 is 2.21 bits per heavy atom. The molecular weight excluding hydrogens is 178 g/mol.